The summed E-state index contributed by atoms with van der Waals surface area (Å²) < 4.78 is 5.33. The van der Waals surface area contributed by atoms with Gasteiger partial charge in [0.15, 0.2) is 6.10 Å². The lowest BCUT2D eigenvalue weighted by molar-refractivity contribution is -0.155. The third kappa shape index (κ3) is 5.99. The molecule has 0 bridgehead atoms. The van der Waals surface area contributed by atoms with Crippen LogP contribution in [0.3, 0.4) is 0 Å². The number of ether oxygens (including phenoxy) is 1. The molecule has 1 aliphatic rings. The quantitative estimate of drug-likeness (QED) is 0.634. The van der Waals surface area contributed by atoms with Crippen molar-refractivity contribution in [3.63, 3.8) is 0 Å². The first-order valence-corrected chi connectivity index (χ1v) is 9.11. The molecule has 0 heterocycles. The van der Waals surface area contributed by atoms with E-state index in [-0.39, 0.29) is 30.3 Å². The second kappa shape index (κ2) is 9.45. The van der Waals surface area contributed by atoms with Crippen LogP contribution >= 0.6 is 0 Å². The molecule has 24 heavy (non-hydrogen) atoms. The predicted octanol–water partition coefficient (Wildman–Crippen LogP) is 3.95. The van der Waals surface area contributed by atoms with E-state index in [1.807, 2.05) is 37.3 Å². The highest BCUT2D eigenvalue weighted by atomic mass is 16.5. The highest BCUT2D eigenvalue weighted by molar-refractivity contribution is 5.83. The summed E-state index contributed by atoms with van der Waals surface area (Å²) in [6, 6.07) is 10.1. The van der Waals surface area contributed by atoms with Crippen molar-refractivity contribution >= 4 is 11.9 Å². The van der Waals surface area contributed by atoms with E-state index in [2.05, 4.69) is 5.32 Å². The summed E-state index contributed by atoms with van der Waals surface area (Å²) in [7, 11) is 0. The van der Waals surface area contributed by atoms with Crippen molar-refractivity contribution in [2.75, 3.05) is 0 Å². The minimum atomic E-state index is -0.733. The van der Waals surface area contributed by atoms with Gasteiger partial charge in [-0.1, -0.05) is 62.9 Å². The Morgan fingerprint density at radius 1 is 1.08 bits per heavy atom. The molecule has 0 aliphatic heterocycles. The van der Waals surface area contributed by atoms with E-state index >= 15 is 0 Å². The molecular formula is C20H29NO3. The first-order valence-electron chi connectivity index (χ1n) is 9.11. The van der Waals surface area contributed by atoms with Crippen molar-refractivity contribution in [3.8, 4) is 0 Å². The fraction of sp³-hybridized carbons (Fsp3) is 0.600. The van der Waals surface area contributed by atoms with Crippen molar-refractivity contribution in [2.24, 2.45) is 0 Å². The number of carbonyl (C=O) groups is 2. The number of benzene rings is 1. The molecule has 4 heteroatoms. The predicted molar refractivity (Wildman–Crippen MR) is 94.7 cm³/mol. The first-order chi connectivity index (χ1) is 11.6. The lowest BCUT2D eigenvalue weighted by Crippen LogP contribution is -2.41. The van der Waals surface area contributed by atoms with Crippen molar-refractivity contribution in [3.05, 3.63) is 35.9 Å². The van der Waals surface area contributed by atoms with Crippen molar-refractivity contribution in [1.82, 2.24) is 5.32 Å². The van der Waals surface area contributed by atoms with Crippen LogP contribution in [0.2, 0.25) is 0 Å². The van der Waals surface area contributed by atoms with Crippen LogP contribution in [-0.4, -0.2) is 24.0 Å². The maximum Gasteiger partial charge on any atom is 0.307 e. The molecule has 1 N–H and O–H groups in total. The minimum absolute atomic E-state index is 0.0795. The topological polar surface area (TPSA) is 55.4 Å². The monoisotopic (exact) mass is 331 g/mol. The Morgan fingerprint density at radius 3 is 2.33 bits per heavy atom. The summed E-state index contributed by atoms with van der Waals surface area (Å²) in [6.45, 7) is 3.64. The summed E-state index contributed by atoms with van der Waals surface area (Å²) in [6.07, 6.45) is 6.41. The molecule has 1 aromatic carbocycles. The fourth-order valence-corrected chi connectivity index (χ4v) is 3.19. The van der Waals surface area contributed by atoms with Crippen LogP contribution in [0, 0.1) is 0 Å². The molecule has 0 spiro atoms. The van der Waals surface area contributed by atoms with E-state index in [0.29, 0.717) is 0 Å². The Kier molecular flexibility index (Phi) is 7.29. The zero-order valence-corrected chi connectivity index (χ0v) is 14.8. The van der Waals surface area contributed by atoms with Gasteiger partial charge in [0, 0.05) is 6.04 Å². The third-order valence-corrected chi connectivity index (χ3v) is 4.72. The molecule has 0 saturated heterocycles. The van der Waals surface area contributed by atoms with Crippen LogP contribution in [0.15, 0.2) is 30.3 Å². The molecule has 132 valence electrons. The fourth-order valence-electron chi connectivity index (χ4n) is 3.19. The molecule has 0 unspecified atom stereocenters. The molecule has 0 aromatic heterocycles. The van der Waals surface area contributed by atoms with Gasteiger partial charge in [-0.3, -0.25) is 9.59 Å². The maximum absolute atomic E-state index is 12.2. The Bertz CT molecular complexity index is 521. The van der Waals surface area contributed by atoms with Crippen LogP contribution in [-0.2, 0) is 14.3 Å². The minimum Gasteiger partial charge on any atom is -0.453 e. The zero-order chi connectivity index (χ0) is 17.4. The van der Waals surface area contributed by atoms with Gasteiger partial charge in [-0.2, -0.15) is 0 Å². The highest BCUT2D eigenvalue weighted by Crippen LogP contribution is 2.20. The number of nitrogens with one attached hydrogen (secondary N) is 1. The van der Waals surface area contributed by atoms with Gasteiger partial charge in [0.25, 0.3) is 5.91 Å². The normalized spacial score (nSPS) is 18.2. The molecule has 1 aromatic rings. The average Bonchev–Trinajstić information content (AvgIpc) is 2.84. The van der Waals surface area contributed by atoms with Crippen molar-refractivity contribution in [2.45, 2.75) is 76.9 Å². The zero-order valence-electron chi connectivity index (χ0n) is 14.8. The lowest BCUT2D eigenvalue weighted by Gasteiger charge is -2.20. The molecule has 2 atom stereocenters. The second-order valence-electron chi connectivity index (χ2n) is 6.85. The van der Waals surface area contributed by atoms with E-state index in [4.69, 9.17) is 4.74 Å². The standard InChI is InChI=1S/C20H29NO3/c1-15(17-10-6-5-7-11-17)14-19(22)24-16(2)20(23)21-18-12-8-3-4-9-13-18/h5-7,10-11,15-16,18H,3-4,8-9,12-14H2,1-2H3,(H,21,23)/t15-,16-/m0/s1. The third-order valence-electron chi connectivity index (χ3n) is 4.72. The molecule has 1 amide bonds. The summed E-state index contributed by atoms with van der Waals surface area (Å²) in [5.41, 5.74) is 1.10. The summed E-state index contributed by atoms with van der Waals surface area (Å²) in [5, 5.41) is 3.03. The molecule has 1 fully saturated rings. The molecule has 1 aliphatic carbocycles. The van der Waals surface area contributed by atoms with Crippen LogP contribution < -0.4 is 5.32 Å². The van der Waals surface area contributed by atoms with Gasteiger partial charge >= 0.3 is 5.97 Å². The first kappa shape index (κ1) is 18.5. The van der Waals surface area contributed by atoms with Gasteiger partial charge in [0.2, 0.25) is 0 Å². The Balaban J connectivity index is 1.76. The number of carbonyl (C=O) groups excluding carboxylic acids is 2. The summed E-state index contributed by atoms with van der Waals surface area (Å²) >= 11 is 0. The summed E-state index contributed by atoms with van der Waals surface area (Å²) in [5.74, 6) is -0.423. The molecule has 1 saturated carbocycles. The number of esters is 1. The van der Waals surface area contributed by atoms with Gasteiger partial charge in [-0.15, -0.1) is 0 Å². The SMILES string of the molecule is C[C@H](OC(=O)C[C@H](C)c1ccccc1)C(=O)NC1CCCCCC1. The Morgan fingerprint density at radius 2 is 1.71 bits per heavy atom. The van der Waals surface area contributed by atoms with Crippen LogP contribution in [0.4, 0.5) is 0 Å². The van der Waals surface area contributed by atoms with Crippen LogP contribution in [0.25, 0.3) is 0 Å². The van der Waals surface area contributed by atoms with Crippen molar-refractivity contribution in [1.29, 1.82) is 0 Å². The Labute approximate surface area is 145 Å². The van der Waals surface area contributed by atoms with E-state index in [1.54, 1.807) is 6.92 Å². The second-order valence-corrected chi connectivity index (χ2v) is 6.85. The molecule has 2 rings (SSSR count). The molecule has 0 radical (unpaired) electrons. The van der Waals surface area contributed by atoms with E-state index in [1.165, 1.54) is 12.8 Å². The van der Waals surface area contributed by atoms with Crippen LogP contribution in [0.1, 0.15) is 70.3 Å². The molecule has 4 nitrogen and oxygen atoms in total. The Hall–Kier alpha value is -1.84. The van der Waals surface area contributed by atoms with Crippen molar-refractivity contribution < 1.29 is 14.3 Å². The van der Waals surface area contributed by atoms with Crippen LogP contribution in [0.5, 0.6) is 0 Å². The van der Waals surface area contributed by atoms with E-state index in [9.17, 15) is 9.59 Å². The number of rotatable bonds is 6. The van der Waals surface area contributed by atoms with Gasteiger partial charge in [-0.25, -0.2) is 0 Å². The highest BCUT2D eigenvalue weighted by Gasteiger charge is 2.22. The summed E-state index contributed by atoms with van der Waals surface area (Å²) in [4.78, 5) is 24.3. The number of hydrogen-bond acceptors (Lipinski definition) is 3. The lowest BCUT2D eigenvalue weighted by atomic mass is 9.98. The largest absolute Gasteiger partial charge is 0.453 e. The van der Waals surface area contributed by atoms with Gasteiger partial charge in [0.1, 0.15) is 0 Å². The van der Waals surface area contributed by atoms with Gasteiger partial charge in [0.05, 0.1) is 6.42 Å². The average molecular weight is 331 g/mol. The number of hydrogen-bond donors (Lipinski definition) is 1. The maximum atomic E-state index is 12.2. The van der Waals surface area contributed by atoms with E-state index < -0.39 is 6.10 Å². The van der Waals surface area contributed by atoms with Gasteiger partial charge < -0.3 is 10.1 Å². The van der Waals surface area contributed by atoms with Gasteiger partial charge in [-0.05, 0) is 31.2 Å². The smallest absolute Gasteiger partial charge is 0.307 e. The van der Waals surface area contributed by atoms with E-state index in [0.717, 1.165) is 31.2 Å². The number of amides is 1. The molecular weight excluding hydrogens is 302 g/mol.